The van der Waals surface area contributed by atoms with Crippen LogP contribution in [0, 0.1) is 7.14 Å². The van der Waals surface area contributed by atoms with Crippen LogP contribution in [0.15, 0.2) is 48.8 Å². The summed E-state index contributed by atoms with van der Waals surface area (Å²) in [5, 5.41) is 0. The topological polar surface area (TPSA) is 79.3 Å². The second-order valence-corrected chi connectivity index (χ2v) is 8.23. The fourth-order valence-corrected chi connectivity index (χ4v) is 3.28. The largest absolute Gasteiger partial charge is 0.741 e. The van der Waals surface area contributed by atoms with E-state index in [0.29, 0.717) is 0 Å². The second-order valence-electron chi connectivity index (χ2n) is 3.82. The van der Waals surface area contributed by atoms with Crippen molar-refractivity contribution in [1.29, 1.82) is 0 Å². The number of rotatable bonds is 3. The first kappa shape index (κ1) is 19.6. The fourth-order valence-electron chi connectivity index (χ4n) is 1.16. The van der Waals surface area contributed by atoms with E-state index in [1.807, 2.05) is 24.4 Å². The Kier molecular flexibility index (Phi) is 7.22. The molecule has 0 bridgehead atoms. The van der Waals surface area contributed by atoms with Gasteiger partial charge in [-0.3, -0.25) is 4.98 Å². The average Bonchev–Trinajstić information content (AvgIpc) is 2.48. The number of hydrogen-bond acceptors (Lipinski definition) is 5. The Morgan fingerprint density at radius 2 is 1.70 bits per heavy atom. The van der Waals surface area contributed by atoms with E-state index in [9.17, 15) is 13.2 Å². The maximum atomic E-state index is 10.7. The molecule has 0 saturated heterocycles. The fraction of sp³-hybridized carbons (Fsp3) is 0.154. The van der Waals surface area contributed by atoms with E-state index in [0.717, 1.165) is 5.75 Å². The van der Waals surface area contributed by atoms with Crippen LogP contribution in [0.4, 0.5) is 13.2 Å². The molecule has 0 fully saturated rings. The van der Waals surface area contributed by atoms with E-state index in [1.165, 1.54) is 7.14 Å². The number of nitrogens with zero attached hydrogens (tertiary/aromatic N) is 1. The Labute approximate surface area is 141 Å². The number of halogens is 4. The molecule has 0 unspecified atom stereocenters. The molecular formula is C13H11F3INO4S. The van der Waals surface area contributed by atoms with Crippen LogP contribution in [0.25, 0.3) is 0 Å². The molecule has 0 atom stereocenters. The summed E-state index contributed by atoms with van der Waals surface area (Å²) in [7, 11) is -4.40. The lowest BCUT2D eigenvalue weighted by Gasteiger charge is -2.08. The summed E-state index contributed by atoms with van der Waals surface area (Å²) in [4.78, 5) is 4.12. The van der Waals surface area contributed by atoms with Gasteiger partial charge in [0.2, 0.25) is 3.57 Å². The predicted molar refractivity (Wildman–Crippen MR) is 70.4 cm³/mol. The summed E-state index contributed by atoms with van der Waals surface area (Å²) in [6.45, 7) is 0. The van der Waals surface area contributed by atoms with Crippen molar-refractivity contribution in [2.75, 3.05) is 7.11 Å². The number of alkyl halides is 3. The molecule has 23 heavy (non-hydrogen) atoms. The summed E-state index contributed by atoms with van der Waals surface area (Å²) in [5.41, 5.74) is -5.65. The van der Waals surface area contributed by atoms with E-state index in [2.05, 4.69) is 23.2 Å². The maximum absolute atomic E-state index is 10.7. The molecule has 2 rings (SSSR count). The number of hydrogen-bond donors (Lipinski definition) is 0. The highest BCUT2D eigenvalue weighted by molar-refractivity contribution is 7.86. The Hall–Kier alpha value is -1.40. The van der Waals surface area contributed by atoms with Gasteiger partial charge in [-0.25, -0.2) is 8.42 Å². The summed E-state index contributed by atoms with van der Waals surface area (Å²) >= 11 is -0.107. The Bertz CT molecular complexity index is 706. The van der Waals surface area contributed by atoms with Gasteiger partial charge in [0.1, 0.15) is 5.75 Å². The Balaban J connectivity index is 0.000000284. The number of pyridine rings is 1. The molecule has 126 valence electrons. The lowest BCUT2D eigenvalue weighted by Crippen LogP contribution is -3.61. The summed E-state index contributed by atoms with van der Waals surface area (Å²) in [5.74, 6) is 0.911. The first-order valence-corrected chi connectivity index (χ1v) is 9.41. The zero-order chi connectivity index (χ0) is 17.5. The number of ether oxygens (including phenoxy) is 1. The van der Waals surface area contributed by atoms with Crippen molar-refractivity contribution in [1.82, 2.24) is 4.98 Å². The van der Waals surface area contributed by atoms with Crippen molar-refractivity contribution in [3.63, 3.8) is 0 Å². The standard InChI is InChI=1S/C12H11INO.CHF3O3S/c1-15-12-6-4-10(5-7-12)13-11-3-2-8-14-9-11;2-1(3,4)8(5,6)7/h2-9H,1H3;(H,5,6,7)/q+1;/p-1. The van der Waals surface area contributed by atoms with Crippen molar-refractivity contribution in [3.8, 4) is 5.75 Å². The molecule has 0 N–H and O–H groups in total. The smallest absolute Gasteiger partial charge is 0.485 e. The summed E-state index contributed by atoms with van der Waals surface area (Å²) in [6.07, 6.45) is 3.75. The van der Waals surface area contributed by atoms with Crippen molar-refractivity contribution < 1.29 is 52.1 Å². The van der Waals surface area contributed by atoms with Crippen LogP contribution in [0.5, 0.6) is 5.75 Å². The molecule has 0 aliphatic carbocycles. The van der Waals surface area contributed by atoms with Gasteiger partial charge in [-0.2, -0.15) is 13.2 Å². The van der Waals surface area contributed by atoms with E-state index in [-0.39, 0.29) is 21.2 Å². The number of benzene rings is 1. The second kappa shape index (κ2) is 8.45. The highest BCUT2D eigenvalue weighted by Gasteiger charge is 2.36. The van der Waals surface area contributed by atoms with Gasteiger partial charge in [-0.05, 0) is 36.4 Å². The monoisotopic (exact) mass is 461 g/mol. The Morgan fingerprint density at radius 3 is 2.09 bits per heavy atom. The molecule has 0 aliphatic heterocycles. The van der Waals surface area contributed by atoms with E-state index in [4.69, 9.17) is 17.7 Å². The van der Waals surface area contributed by atoms with Gasteiger partial charge in [0, 0.05) is 6.20 Å². The van der Waals surface area contributed by atoms with Crippen LogP contribution in [0.3, 0.4) is 0 Å². The molecule has 0 radical (unpaired) electrons. The minimum atomic E-state index is -6.09. The zero-order valence-corrected chi connectivity index (χ0v) is 14.6. The molecule has 0 spiro atoms. The lowest BCUT2D eigenvalue weighted by atomic mass is 10.3. The third-order valence-electron chi connectivity index (χ3n) is 2.18. The van der Waals surface area contributed by atoms with Crippen molar-refractivity contribution in [3.05, 3.63) is 55.9 Å². The van der Waals surface area contributed by atoms with Crippen LogP contribution in [0.1, 0.15) is 0 Å². The van der Waals surface area contributed by atoms with Gasteiger partial charge in [-0.1, -0.05) is 0 Å². The Morgan fingerprint density at radius 1 is 1.13 bits per heavy atom. The van der Waals surface area contributed by atoms with E-state index < -0.39 is 15.6 Å². The first-order chi connectivity index (χ1) is 10.6. The highest BCUT2D eigenvalue weighted by Crippen LogP contribution is 2.20. The third kappa shape index (κ3) is 7.14. The van der Waals surface area contributed by atoms with Gasteiger partial charge >= 0.3 is 26.7 Å². The molecule has 0 saturated carbocycles. The molecule has 1 heterocycles. The van der Waals surface area contributed by atoms with Crippen molar-refractivity contribution >= 4 is 10.1 Å². The summed E-state index contributed by atoms with van der Waals surface area (Å²) < 4.78 is 66.7. The minimum Gasteiger partial charge on any atom is -0.741 e. The SMILES string of the molecule is COc1ccc([I+]c2cccnc2)cc1.O=S(=O)([O-])C(F)(F)F. The van der Waals surface area contributed by atoms with Gasteiger partial charge in [0.25, 0.3) is 0 Å². The maximum Gasteiger partial charge on any atom is 0.485 e. The molecule has 10 heteroatoms. The summed E-state index contributed by atoms with van der Waals surface area (Å²) in [6, 6.07) is 12.4. The van der Waals surface area contributed by atoms with E-state index in [1.54, 1.807) is 13.3 Å². The van der Waals surface area contributed by atoms with Crippen LogP contribution in [0.2, 0.25) is 0 Å². The number of aromatic nitrogens is 1. The molecule has 5 nitrogen and oxygen atoms in total. The van der Waals surface area contributed by atoms with Crippen LogP contribution in [-0.4, -0.2) is 30.6 Å². The van der Waals surface area contributed by atoms with Crippen LogP contribution < -0.4 is 25.9 Å². The van der Waals surface area contributed by atoms with Crippen LogP contribution >= 0.6 is 0 Å². The molecule has 0 amide bonds. The highest BCUT2D eigenvalue weighted by atomic mass is 127. The van der Waals surface area contributed by atoms with Gasteiger partial charge in [0.05, 0.1) is 13.3 Å². The van der Waals surface area contributed by atoms with E-state index >= 15 is 0 Å². The van der Waals surface area contributed by atoms with Crippen molar-refractivity contribution in [2.24, 2.45) is 0 Å². The molecule has 1 aromatic carbocycles. The van der Waals surface area contributed by atoms with Gasteiger partial charge < -0.3 is 9.29 Å². The third-order valence-corrected chi connectivity index (χ3v) is 5.35. The lowest BCUT2D eigenvalue weighted by molar-refractivity contribution is -0.597. The molecule has 1 aromatic heterocycles. The van der Waals surface area contributed by atoms with Crippen LogP contribution in [-0.2, 0) is 10.1 Å². The molecule has 2 aromatic rings. The average molecular weight is 461 g/mol. The first-order valence-electron chi connectivity index (χ1n) is 5.84. The normalized spacial score (nSPS) is 11.3. The molecule has 0 aliphatic rings. The minimum absolute atomic E-state index is 0.107. The quantitative estimate of drug-likeness (QED) is 0.342. The van der Waals surface area contributed by atoms with Crippen molar-refractivity contribution in [2.45, 2.75) is 5.51 Å². The number of methoxy groups -OCH3 is 1. The molecular weight excluding hydrogens is 450 g/mol. The van der Waals surface area contributed by atoms with Gasteiger partial charge in [-0.15, -0.1) is 0 Å². The predicted octanol–water partition coefficient (Wildman–Crippen LogP) is -0.730. The zero-order valence-electron chi connectivity index (χ0n) is 11.6. The van der Waals surface area contributed by atoms with Gasteiger partial charge in [0.15, 0.2) is 13.7 Å².